The van der Waals surface area contributed by atoms with E-state index in [0.717, 1.165) is 0 Å². The maximum atomic E-state index is 9.91. The van der Waals surface area contributed by atoms with Crippen LogP contribution in [0.15, 0.2) is 0 Å². The molecular weight excluding hydrogens is 166 g/mol. The lowest BCUT2D eigenvalue weighted by molar-refractivity contribution is 0.482. The molecule has 0 atom stereocenters. The van der Waals surface area contributed by atoms with Crippen molar-refractivity contribution in [1.82, 2.24) is 5.32 Å². The van der Waals surface area contributed by atoms with Gasteiger partial charge in [-0.3, -0.25) is 4.55 Å². The SMILES string of the molecule is CNCCS(=O)(=O)O.Cl. The molecule has 0 bridgehead atoms. The van der Waals surface area contributed by atoms with Gasteiger partial charge in [0.05, 0.1) is 5.75 Å². The quantitative estimate of drug-likeness (QED) is 0.569. The van der Waals surface area contributed by atoms with Crippen LogP contribution in [0.3, 0.4) is 0 Å². The van der Waals surface area contributed by atoms with Crippen molar-refractivity contribution in [1.29, 1.82) is 0 Å². The predicted molar refractivity (Wildman–Crippen MR) is 37.6 cm³/mol. The molecule has 58 valence electrons. The minimum atomic E-state index is -3.75. The summed E-state index contributed by atoms with van der Waals surface area (Å²) >= 11 is 0. The molecule has 0 unspecified atom stereocenters. The van der Waals surface area contributed by atoms with Crippen LogP contribution >= 0.6 is 12.4 Å². The zero-order chi connectivity index (χ0) is 6.62. The van der Waals surface area contributed by atoms with Gasteiger partial charge in [-0.05, 0) is 7.05 Å². The molecule has 0 amide bonds. The molecular formula is C3H10ClNO3S. The first-order valence-corrected chi connectivity index (χ1v) is 3.77. The molecule has 6 heteroatoms. The van der Waals surface area contributed by atoms with Gasteiger partial charge in [0.25, 0.3) is 10.1 Å². The van der Waals surface area contributed by atoms with Gasteiger partial charge in [0.1, 0.15) is 0 Å². The van der Waals surface area contributed by atoms with Crippen LogP contribution in [0.2, 0.25) is 0 Å². The first-order valence-electron chi connectivity index (χ1n) is 2.16. The van der Waals surface area contributed by atoms with E-state index < -0.39 is 10.1 Å². The fourth-order valence-electron chi connectivity index (χ4n) is 0.231. The zero-order valence-corrected chi connectivity index (χ0v) is 6.63. The number of hydrogen-bond acceptors (Lipinski definition) is 3. The van der Waals surface area contributed by atoms with Crippen LogP contribution in [0.1, 0.15) is 0 Å². The molecule has 0 rings (SSSR count). The van der Waals surface area contributed by atoms with E-state index in [4.69, 9.17) is 4.55 Å². The number of nitrogens with one attached hydrogen (secondary N) is 1. The van der Waals surface area contributed by atoms with Crippen LogP contribution in [0.25, 0.3) is 0 Å². The van der Waals surface area contributed by atoms with Gasteiger partial charge in [0.15, 0.2) is 0 Å². The lowest BCUT2D eigenvalue weighted by Gasteiger charge is -1.92. The second kappa shape index (κ2) is 4.99. The molecule has 0 aromatic heterocycles. The van der Waals surface area contributed by atoms with Crippen LogP contribution < -0.4 is 5.32 Å². The Labute approximate surface area is 60.8 Å². The molecule has 0 fully saturated rings. The Morgan fingerprint density at radius 2 is 2.00 bits per heavy atom. The Balaban J connectivity index is 0. The van der Waals surface area contributed by atoms with Crippen molar-refractivity contribution in [3.05, 3.63) is 0 Å². The van der Waals surface area contributed by atoms with Crippen LogP contribution in [0, 0.1) is 0 Å². The lowest BCUT2D eigenvalue weighted by atomic mass is 10.8. The third kappa shape index (κ3) is 11.6. The van der Waals surface area contributed by atoms with Crippen molar-refractivity contribution in [3.63, 3.8) is 0 Å². The monoisotopic (exact) mass is 175 g/mol. The third-order valence-electron chi connectivity index (χ3n) is 0.610. The van der Waals surface area contributed by atoms with E-state index >= 15 is 0 Å². The molecule has 0 aliphatic heterocycles. The van der Waals surface area contributed by atoms with Crippen molar-refractivity contribution in [3.8, 4) is 0 Å². The van der Waals surface area contributed by atoms with Gasteiger partial charge in [-0.25, -0.2) is 0 Å². The summed E-state index contributed by atoms with van der Waals surface area (Å²) in [6.07, 6.45) is 0. The van der Waals surface area contributed by atoms with E-state index in [1.54, 1.807) is 7.05 Å². The molecule has 0 saturated carbocycles. The second-order valence-corrected chi connectivity index (χ2v) is 2.96. The zero-order valence-electron chi connectivity index (χ0n) is 4.99. The highest BCUT2D eigenvalue weighted by Crippen LogP contribution is 1.76. The number of halogens is 1. The average molecular weight is 176 g/mol. The molecule has 0 aliphatic rings. The largest absolute Gasteiger partial charge is 0.319 e. The highest BCUT2D eigenvalue weighted by Gasteiger charge is 1.99. The van der Waals surface area contributed by atoms with Crippen LogP contribution in [-0.4, -0.2) is 32.3 Å². The molecule has 4 nitrogen and oxygen atoms in total. The summed E-state index contributed by atoms with van der Waals surface area (Å²) < 4.78 is 27.9. The predicted octanol–water partition coefficient (Wildman–Crippen LogP) is -0.485. The summed E-state index contributed by atoms with van der Waals surface area (Å²) in [6.45, 7) is 0.291. The minimum absolute atomic E-state index is 0. The fourth-order valence-corrected chi connectivity index (χ4v) is 0.693. The van der Waals surface area contributed by atoms with E-state index in [-0.39, 0.29) is 18.2 Å². The molecule has 0 aromatic carbocycles. The van der Waals surface area contributed by atoms with Crippen molar-refractivity contribution in [2.24, 2.45) is 0 Å². The van der Waals surface area contributed by atoms with Crippen molar-refractivity contribution >= 4 is 22.5 Å². The molecule has 9 heavy (non-hydrogen) atoms. The molecule has 0 aliphatic carbocycles. The first-order chi connectivity index (χ1) is 3.56. The van der Waals surface area contributed by atoms with E-state index in [1.165, 1.54) is 0 Å². The van der Waals surface area contributed by atoms with Gasteiger partial charge >= 0.3 is 0 Å². The van der Waals surface area contributed by atoms with E-state index in [0.29, 0.717) is 6.54 Å². The molecule has 0 heterocycles. The second-order valence-electron chi connectivity index (χ2n) is 1.39. The topological polar surface area (TPSA) is 66.4 Å². The fraction of sp³-hybridized carbons (Fsp3) is 1.00. The molecule has 2 N–H and O–H groups in total. The van der Waals surface area contributed by atoms with Gasteiger partial charge in [0.2, 0.25) is 0 Å². The lowest BCUT2D eigenvalue weighted by Crippen LogP contribution is -2.18. The summed E-state index contributed by atoms with van der Waals surface area (Å²) in [4.78, 5) is 0. The summed E-state index contributed by atoms with van der Waals surface area (Å²) in [6, 6.07) is 0. The Kier molecular flexibility index (Phi) is 6.59. The maximum absolute atomic E-state index is 9.91. The van der Waals surface area contributed by atoms with Gasteiger partial charge in [-0.15, -0.1) is 12.4 Å². The Morgan fingerprint density at radius 1 is 1.56 bits per heavy atom. The van der Waals surface area contributed by atoms with Gasteiger partial charge in [0, 0.05) is 6.54 Å². The molecule has 0 spiro atoms. The summed E-state index contributed by atoms with van der Waals surface area (Å²) in [5.41, 5.74) is 0. The molecule has 0 radical (unpaired) electrons. The number of hydrogen-bond donors (Lipinski definition) is 2. The summed E-state index contributed by atoms with van der Waals surface area (Å²) in [5.74, 6) is -0.219. The smallest absolute Gasteiger partial charge is 0.266 e. The van der Waals surface area contributed by atoms with Gasteiger partial charge in [-0.1, -0.05) is 0 Å². The average Bonchev–Trinajstić information content (AvgIpc) is 1.59. The summed E-state index contributed by atoms with van der Waals surface area (Å²) in [5, 5.41) is 2.59. The van der Waals surface area contributed by atoms with Crippen LogP contribution in [0.5, 0.6) is 0 Å². The highest BCUT2D eigenvalue weighted by molar-refractivity contribution is 7.85. The van der Waals surface area contributed by atoms with E-state index in [1.807, 2.05) is 0 Å². The van der Waals surface area contributed by atoms with Crippen molar-refractivity contribution in [2.45, 2.75) is 0 Å². The van der Waals surface area contributed by atoms with Crippen molar-refractivity contribution in [2.75, 3.05) is 19.3 Å². The standard InChI is InChI=1S/C3H9NO3S.ClH/c1-4-2-3-8(5,6)7;/h4H,2-3H2,1H3,(H,5,6,7);1H. The normalized spacial score (nSPS) is 10.4. The van der Waals surface area contributed by atoms with Gasteiger partial charge in [-0.2, -0.15) is 8.42 Å². The van der Waals surface area contributed by atoms with E-state index in [2.05, 4.69) is 5.32 Å². The van der Waals surface area contributed by atoms with E-state index in [9.17, 15) is 8.42 Å². The Hall–Kier alpha value is 0.160. The Bertz CT molecular complexity index is 143. The number of rotatable bonds is 3. The molecule has 0 aromatic rings. The van der Waals surface area contributed by atoms with Gasteiger partial charge < -0.3 is 5.32 Å². The van der Waals surface area contributed by atoms with Crippen LogP contribution in [0.4, 0.5) is 0 Å². The van der Waals surface area contributed by atoms with Crippen molar-refractivity contribution < 1.29 is 13.0 Å². The minimum Gasteiger partial charge on any atom is -0.319 e. The molecule has 0 saturated heterocycles. The summed E-state index contributed by atoms with van der Waals surface area (Å²) in [7, 11) is -2.13. The highest BCUT2D eigenvalue weighted by atomic mass is 35.5. The Morgan fingerprint density at radius 3 is 2.11 bits per heavy atom. The van der Waals surface area contributed by atoms with Crippen LogP contribution in [-0.2, 0) is 10.1 Å². The third-order valence-corrected chi connectivity index (χ3v) is 1.33. The first kappa shape index (κ1) is 11.9. The maximum Gasteiger partial charge on any atom is 0.266 e.